The van der Waals surface area contributed by atoms with Crippen LogP contribution in [0, 0.1) is 0 Å². The van der Waals surface area contributed by atoms with Gasteiger partial charge in [0.25, 0.3) is 0 Å². The molecule has 2 nitrogen and oxygen atoms in total. The van der Waals surface area contributed by atoms with Gasteiger partial charge in [0, 0.05) is 10.0 Å². The first-order valence-corrected chi connectivity index (χ1v) is 6.29. The highest BCUT2D eigenvalue weighted by Crippen LogP contribution is 2.10. The maximum Gasteiger partial charge on any atom is 0.359 e. The quantitative estimate of drug-likeness (QED) is 0.637. The number of hydrogen-bond donors (Lipinski definition) is 2. The van der Waals surface area contributed by atoms with Crippen molar-refractivity contribution in [3.8, 4) is 0 Å². The minimum Gasteiger partial charge on any atom is -0.443 e. The van der Waals surface area contributed by atoms with E-state index in [1.165, 1.54) is 0 Å². The molecule has 0 saturated carbocycles. The summed E-state index contributed by atoms with van der Waals surface area (Å²) < 4.78 is 0. The van der Waals surface area contributed by atoms with Crippen LogP contribution < -0.4 is 21.9 Å². The Labute approximate surface area is 115 Å². The Kier molecular flexibility index (Phi) is 2.91. The molecule has 0 atom stereocenters. The second-order valence-electron chi connectivity index (χ2n) is 4.29. The monoisotopic (exact) mass is 276 g/mol. The molecule has 0 bridgehead atoms. The Bertz CT molecular complexity index is 578. The summed E-state index contributed by atoms with van der Waals surface area (Å²) in [4.78, 5) is 0. The van der Waals surface area contributed by atoms with Crippen molar-refractivity contribution < 1.29 is 10.0 Å². The molecule has 2 aromatic carbocycles. The van der Waals surface area contributed by atoms with Crippen LogP contribution in [0.3, 0.4) is 0 Å². The molecule has 6 heteroatoms. The molecule has 3 rings (SSSR count). The third-order valence-corrected chi connectivity index (χ3v) is 3.97. The maximum atomic E-state index is 10.4. The molecule has 18 heavy (non-hydrogen) atoms. The van der Waals surface area contributed by atoms with Gasteiger partial charge < -0.3 is 10.0 Å². The lowest BCUT2D eigenvalue weighted by molar-refractivity contribution is 0.592. The fraction of sp³-hybridized carbons (Fsp3) is 0. The van der Waals surface area contributed by atoms with Crippen molar-refractivity contribution in [2.75, 3.05) is 0 Å². The van der Waals surface area contributed by atoms with Gasteiger partial charge in [-0.05, 0) is 34.0 Å². The van der Waals surface area contributed by atoms with Gasteiger partial charge in [-0.2, -0.15) is 0 Å². The van der Waals surface area contributed by atoms with Crippen molar-refractivity contribution in [1.82, 2.24) is 0 Å². The standard InChI is InChI=1S/C12H8B2Cl2O2/c15-9-5-1-3-7-11(9)14(18)8-4-2-6-10(16)12(8)13(7)17/h1-6,17-18H. The number of hydrogen-bond acceptors (Lipinski definition) is 2. The zero-order valence-electron chi connectivity index (χ0n) is 9.27. The zero-order chi connectivity index (χ0) is 12.9. The van der Waals surface area contributed by atoms with Crippen LogP contribution in [0.5, 0.6) is 0 Å². The molecule has 0 spiro atoms. The lowest BCUT2D eigenvalue weighted by Gasteiger charge is -2.26. The summed E-state index contributed by atoms with van der Waals surface area (Å²) in [6, 6.07) is 10.4. The van der Waals surface area contributed by atoms with Gasteiger partial charge in [0.2, 0.25) is 0 Å². The van der Waals surface area contributed by atoms with Crippen LogP contribution in [0.4, 0.5) is 0 Å². The lowest BCUT2D eigenvalue weighted by atomic mass is 9.36. The molecule has 0 fully saturated rings. The van der Waals surface area contributed by atoms with Crippen LogP contribution in [-0.4, -0.2) is 23.9 Å². The zero-order valence-corrected chi connectivity index (χ0v) is 10.8. The van der Waals surface area contributed by atoms with E-state index < -0.39 is 13.8 Å². The maximum absolute atomic E-state index is 10.4. The Hall–Kier alpha value is -0.930. The van der Waals surface area contributed by atoms with E-state index in [2.05, 4.69) is 0 Å². The number of benzene rings is 2. The average Bonchev–Trinajstić information content (AvgIpc) is 2.35. The molecule has 1 heterocycles. The number of fused-ring (bicyclic) bond motifs is 2. The topological polar surface area (TPSA) is 40.5 Å². The molecule has 0 radical (unpaired) electrons. The molecule has 0 unspecified atom stereocenters. The summed E-state index contributed by atoms with van der Waals surface area (Å²) in [6.07, 6.45) is 0. The van der Waals surface area contributed by atoms with Crippen LogP contribution in [0.25, 0.3) is 0 Å². The van der Waals surface area contributed by atoms with Crippen molar-refractivity contribution in [3.63, 3.8) is 0 Å². The largest absolute Gasteiger partial charge is 0.443 e. The van der Waals surface area contributed by atoms with Gasteiger partial charge in [0.1, 0.15) is 0 Å². The average molecular weight is 277 g/mol. The fourth-order valence-corrected chi connectivity index (χ4v) is 3.04. The molecule has 88 valence electrons. The van der Waals surface area contributed by atoms with E-state index in [1.54, 1.807) is 36.4 Å². The first-order chi connectivity index (χ1) is 8.61. The van der Waals surface area contributed by atoms with Gasteiger partial charge >= 0.3 is 13.8 Å². The van der Waals surface area contributed by atoms with Crippen LogP contribution in [0.15, 0.2) is 36.4 Å². The smallest absolute Gasteiger partial charge is 0.359 e. The van der Waals surface area contributed by atoms with E-state index in [4.69, 9.17) is 23.2 Å². The van der Waals surface area contributed by atoms with Gasteiger partial charge in [-0.1, -0.05) is 47.5 Å². The van der Waals surface area contributed by atoms with Crippen LogP contribution in [0.1, 0.15) is 0 Å². The molecule has 0 amide bonds. The summed E-state index contributed by atoms with van der Waals surface area (Å²) in [5.41, 5.74) is 2.33. The van der Waals surface area contributed by atoms with Crippen molar-refractivity contribution >= 4 is 58.9 Å². The van der Waals surface area contributed by atoms with Gasteiger partial charge in [-0.15, -0.1) is 0 Å². The fourth-order valence-electron chi connectivity index (χ4n) is 2.47. The highest BCUT2D eigenvalue weighted by Gasteiger charge is 2.38. The van der Waals surface area contributed by atoms with Gasteiger partial charge in [0.15, 0.2) is 0 Å². The SMILES string of the molecule is OB1c2cccc(Cl)c2B(O)c2cccc(Cl)c21. The molecular formula is C12H8B2Cl2O2. The predicted molar refractivity (Wildman–Crippen MR) is 77.4 cm³/mol. The minimum absolute atomic E-state index is 0.449. The Balaban J connectivity index is 2.32. The highest BCUT2D eigenvalue weighted by molar-refractivity contribution is 6.99. The number of halogens is 2. The van der Waals surface area contributed by atoms with E-state index in [0.29, 0.717) is 31.9 Å². The van der Waals surface area contributed by atoms with E-state index in [-0.39, 0.29) is 0 Å². The third kappa shape index (κ3) is 1.61. The summed E-state index contributed by atoms with van der Waals surface area (Å²) in [6.45, 7) is -1.71. The molecular weight excluding hydrogens is 269 g/mol. The molecule has 2 aromatic rings. The second kappa shape index (κ2) is 4.32. The van der Waals surface area contributed by atoms with Crippen molar-refractivity contribution in [2.45, 2.75) is 0 Å². The molecule has 0 saturated heterocycles. The van der Waals surface area contributed by atoms with Gasteiger partial charge in [-0.3, -0.25) is 0 Å². The van der Waals surface area contributed by atoms with Crippen molar-refractivity contribution in [1.29, 1.82) is 0 Å². The molecule has 0 aliphatic carbocycles. The minimum atomic E-state index is -0.856. The van der Waals surface area contributed by atoms with Crippen LogP contribution in [0.2, 0.25) is 10.0 Å². The van der Waals surface area contributed by atoms with Gasteiger partial charge in [-0.25, -0.2) is 0 Å². The summed E-state index contributed by atoms with van der Waals surface area (Å²) in [5.74, 6) is 0. The molecule has 2 N–H and O–H groups in total. The Morgan fingerprint density at radius 3 is 1.50 bits per heavy atom. The Morgan fingerprint density at radius 2 is 1.11 bits per heavy atom. The molecule has 0 aromatic heterocycles. The van der Waals surface area contributed by atoms with E-state index >= 15 is 0 Å². The van der Waals surface area contributed by atoms with Crippen LogP contribution >= 0.6 is 23.2 Å². The molecule has 1 aliphatic heterocycles. The predicted octanol–water partition coefficient (Wildman–Crippen LogP) is -0.497. The summed E-state index contributed by atoms with van der Waals surface area (Å²) in [7, 11) is 0. The van der Waals surface area contributed by atoms with Gasteiger partial charge in [0.05, 0.1) is 0 Å². The van der Waals surface area contributed by atoms with Crippen molar-refractivity contribution in [2.24, 2.45) is 0 Å². The summed E-state index contributed by atoms with van der Waals surface area (Å²) in [5, 5.41) is 21.7. The second-order valence-corrected chi connectivity index (χ2v) is 5.10. The first kappa shape index (κ1) is 12.1. The normalized spacial score (nSPS) is 13.3. The lowest BCUT2D eigenvalue weighted by Crippen LogP contribution is -2.69. The molecule has 1 aliphatic rings. The Morgan fingerprint density at radius 1 is 0.722 bits per heavy atom. The van der Waals surface area contributed by atoms with Crippen LogP contribution in [-0.2, 0) is 0 Å². The van der Waals surface area contributed by atoms with E-state index in [0.717, 1.165) is 0 Å². The first-order valence-electron chi connectivity index (χ1n) is 5.54. The van der Waals surface area contributed by atoms with E-state index in [1.807, 2.05) is 0 Å². The van der Waals surface area contributed by atoms with Crippen molar-refractivity contribution in [3.05, 3.63) is 46.4 Å². The van der Waals surface area contributed by atoms with E-state index in [9.17, 15) is 10.0 Å². The number of rotatable bonds is 0. The third-order valence-electron chi connectivity index (χ3n) is 3.31. The highest BCUT2D eigenvalue weighted by atomic mass is 35.5. The summed E-state index contributed by atoms with van der Waals surface area (Å²) >= 11 is 12.2.